The molecule has 1 aliphatic carbocycles. The van der Waals surface area contributed by atoms with Gasteiger partial charge in [0.15, 0.2) is 0 Å². The summed E-state index contributed by atoms with van der Waals surface area (Å²) in [6, 6.07) is 5.20. The molecule has 0 spiro atoms. The molecule has 0 bridgehead atoms. The van der Waals surface area contributed by atoms with Crippen LogP contribution in [0.4, 0.5) is 4.39 Å². The van der Waals surface area contributed by atoms with Crippen LogP contribution in [0.1, 0.15) is 45.6 Å². The molecule has 1 fully saturated rings. The molecule has 2 N–H and O–H groups in total. The third-order valence-electron chi connectivity index (χ3n) is 4.82. The smallest absolute Gasteiger partial charge is 0.123 e. The van der Waals surface area contributed by atoms with Crippen molar-refractivity contribution in [2.75, 3.05) is 0 Å². The van der Waals surface area contributed by atoms with Gasteiger partial charge in [0.1, 0.15) is 5.82 Å². The van der Waals surface area contributed by atoms with Gasteiger partial charge in [-0.1, -0.05) is 43.1 Å². The molecule has 1 aromatic carbocycles. The molecule has 0 amide bonds. The molecule has 0 saturated heterocycles. The first-order chi connectivity index (χ1) is 9.29. The second-order valence-corrected chi connectivity index (χ2v) is 7.94. The Kier molecular flexibility index (Phi) is 4.91. The quantitative estimate of drug-likeness (QED) is 0.829. The monoisotopic (exact) mass is 341 g/mol. The minimum atomic E-state index is -0.166. The zero-order chi connectivity index (χ0) is 14.9. The summed E-state index contributed by atoms with van der Waals surface area (Å²) in [5, 5.41) is 0. The highest BCUT2D eigenvalue weighted by molar-refractivity contribution is 9.10. The lowest BCUT2D eigenvalue weighted by atomic mass is 9.64. The number of rotatable bonds is 3. The maximum Gasteiger partial charge on any atom is 0.123 e. The van der Waals surface area contributed by atoms with Crippen LogP contribution in [-0.2, 0) is 6.42 Å². The van der Waals surface area contributed by atoms with Crippen molar-refractivity contribution in [3.05, 3.63) is 34.1 Å². The minimum Gasteiger partial charge on any atom is -0.327 e. The van der Waals surface area contributed by atoms with Crippen molar-refractivity contribution < 1.29 is 4.39 Å². The Hall–Kier alpha value is -0.410. The van der Waals surface area contributed by atoms with Crippen LogP contribution in [-0.4, -0.2) is 6.04 Å². The second-order valence-electron chi connectivity index (χ2n) is 7.09. The van der Waals surface area contributed by atoms with Crippen LogP contribution in [0.25, 0.3) is 0 Å². The van der Waals surface area contributed by atoms with Gasteiger partial charge >= 0.3 is 0 Å². The Morgan fingerprint density at radius 1 is 1.35 bits per heavy atom. The van der Waals surface area contributed by atoms with E-state index in [0.717, 1.165) is 28.8 Å². The van der Waals surface area contributed by atoms with Gasteiger partial charge in [-0.05, 0) is 60.3 Å². The molecule has 20 heavy (non-hydrogen) atoms. The minimum absolute atomic E-state index is 0.0931. The van der Waals surface area contributed by atoms with Crippen molar-refractivity contribution in [1.82, 2.24) is 0 Å². The fourth-order valence-corrected chi connectivity index (χ4v) is 4.08. The normalized spacial score (nSPS) is 27.6. The molecule has 2 rings (SSSR count). The highest BCUT2D eigenvalue weighted by atomic mass is 79.9. The maximum absolute atomic E-state index is 13.4. The van der Waals surface area contributed by atoms with E-state index in [1.54, 1.807) is 12.1 Å². The zero-order valence-electron chi connectivity index (χ0n) is 12.6. The van der Waals surface area contributed by atoms with E-state index >= 15 is 0 Å². The molecule has 1 aromatic rings. The number of benzene rings is 1. The molecule has 3 atom stereocenters. The fourth-order valence-electron chi connectivity index (χ4n) is 3.70. The molecule has 1 saturated carbocycles. The molecule has 0 radical (unpaired) electrons. The van der Waals surface area contributed by atoms with Crippen LogP contribution >= 0.6 is 15.9 Å². The summed E-state index contributed by atoms with van der Waals surface area (Å²) < 4.78 is 14.4. The van der Waals surface area contributed by atoms with Crippen molar-refractivity contribution in [3.8, 4) is 0 Å². The Morgan fingerprint density at radius 2 is 2.05 bits per heavy atom. The van der Waals surface area contributed by atoms with E-state index in [4.69, 9.17) is 5.73 Å². The van der Waals surface area contributed by atoms with Gasteiger partial charge in [-0.25, -0.2) is 4.39 Å². The second kappa shape index (κ2) is 6.15. The third kappa shape index (κ3) is 3.62. The lowest BCUT2D eigenvalue weighted by Crippen LogP contribution is -2.44. The standard InChI is InChI=1S/C17H25BrFN/c1-11-4-6-14(16(20)8-11)17(2,3)10-12-9-13(19)5-7-15(12)18/h5,7,9,11,14,16H,4,6,8,10,20H2,1-3H3. The van der Waals surface area contributed by atoms with E-state index in [2.05, 4.69) is 36.7 Å². The first kappa shape index (κ1) is 16.0. The predicted octanol–water partition coefficient (Wildman–Crippen LogP) is 4.92. The van der Waals surface area contributed by atoms with Gasteiger partial charge in [0.05, 0.1) is 0 Å². The SMILES string of the molecule is CC1CCC(C(C)(C)Cc2cc(F)ccc2Br)C(N)C1. The van der Waals surface area contributed by atoms with Gasteiger partial charge in [0.2, 0.25) is 0 Å². The van der Waals surface area contributed by atoms with Crippen molar-refractivity contribution in [1.29, 1.82) is 0 Å². The third-order valence-corrected chi connectivity index (χ3v) is 5.59. The average molecular weight is 342 g/mol. The largest absolute Gasteiger partial charge is 0.327 e. The van der Waals surface area contributed by atoms with Crippen molar-refractivity contribution in [2.45, 2.75) is 52.5 Å². The van der Waals surface area contributed by atoms with Crippen LogP contribution in [0.15, 0.2) is 22.7 Å². The lowest BCUT2D eigenvalue weighted by Gasteiger charge is -2.43. The van der Waals surface area contributed by atoms with E-state index in [1.807, 2.05) is 0 Å². The van der Waals surface area contributed by atoms with Crippen LogP contribution in [0, 0.1) is 23.1 Å². The molecule has 3 unspecified atom stereocenters. The molecule has 1 aliphatic rings. The molecule has 0 aromatic heterocycles. The molecule has 1 nitrogen and oxygen atoms in total. The molecule has 0 aliphatic heterocycles. The van der Waals surface area contributed by atoms with Crippen LogP contribution < -0.4 is 5.73 Å². The Balaban J connectivity index is 2.16. The van der Waals surface area contributed by atoms with Crippen LogP contribution in [0.2, 0.25) is 0 Å². The van der Waals surface area contributed by atoms with Gasteiger partial charge < -0.3 is 5.73 Å². The van der Waals surface area contributed by atoms with Gasteiger partial charge in [-0.3, -0.25) is 0 Å². The Morgan fingerprint density at radius 3 is 2.70 bits per heavy atom. The van der Waals surface area contributed by atoms with E-state index < -0.39 is 0 Å². The van der Waals surface area contributed by atoms with Gasteiger partial charge in [-0.15, -0.1) is 0 Å². The summed E-state index contributed by atoms with van der Waals surface area (Å²) >= 11 is 3.53. The van der Waals surface area contributed by atoms with Crippen molar-refractivity contribution in [3.63, 3.8) is 0 Å². The van der Waals surface area contributed by atoms with Crippen molar-refractivity contribution in [2.24, 2.45) is 23.0 Å². The Labute approximate surface area is 130 Å². The maximum atomic E-state index is 13.4. The first-order valence-corrected chi connectivity index (χ1v) is 8.28. The average Bonchev–Trinajstić information content (AvgIpc) is 2.33. The highest BCUT2D eigenvalue weighted by Crippen LogP contribution is 2.42. The number of hydrogen-bond acceptors (Lipinski definition) is 1. The first-order valence-electron chi connectivity index (χ1n) is 7.49. The summed E-state index contributed by atoms with van der Waals surface area (Å²) in [7, 11) is 0. The summed E-state index contributed by atoms with van der Waals surface area (Å²) in [5.74, 6) is 1.08. The van der Waals surface area contributed by atoms with E-state index in [9.17, 15) is 4.39 Å². The van der Waals surface area contributed by atoms with E-state index in [0.29, 0.717) is 5.92 Å². The van der Waals surface area contributed by atoms with Gasteiger partial charge in [0.25, 0.3) is 0 Å². The molecule has 112 valence electrons. The summed E-state index contributed by atoms with van der Waals surface area (Å²) in [6.07, 6.45) is 4.41. The number of nitrogens with two attached hydrogens (primary N) is 1. The molecule has 0 heterocycles. The predicted molar refractivity (Wildman–Crippen MR) is 86.1 cm³/mol. The van der Waals surface area contributed by atoms with Crippen LogP contribution in [0.3, 0.4) is 0 Å². The fraction of sp³-hybridized carbons (Fsp3) is 0.647. The molecule has 3 heteroatoms. The lowest BCUT2D eigenvalue weighted by molar-refractivity contribution is 0.113. The van der Waals surface area contributed by atoms with E-state index in [-0.39, 0.29) is 17.3 Å². The topological polar surface area (TPSA) is 26.0 Å². The highest BCUT2D eigenvalue weighted by Gasteiger charge is 2.37. The Bertz CT molecular complexity index is 472. The zero-order valence-corrected chi connectivity index (χ0v) is 14.2. The summed E-state index contributed by atoms with van der Waals surface area (Å²) in [4.78, 5) is 0. The van der Waals surface area contributed by atoms with E-state index in [1.165, 1.54) is 18.9 Å². The van der Waals surface area contributed by atoms with Crippen molar-refractivity contribution >= 4 is 15.9 Å². The molecular weight excluding hydrogens is 317 g/mol. The summed E-state index contributed by atoms with van der Waals surface area (Å²) in [5.41, 5.74) is 7.53. The number of hydrogen-bond donors (Lipinski definition) is 1. The summed E-state index contributed by atoms with van der Waals surface area (Å²) in [6.45, 7) is 6.82. The number of halogens is 2. The van der Waals surface area contributed by atoms with Gasteiger partial charge in [-0.2, -0.15) is 0 Å². The van der Waals surface area contributed by atoms with Gasteiger partial charge in [0, 0.05) is 10.5 Å². The van der Waals surface area contributed by atoms with Crippen LogP contribution in [0.5, 0.6) is 0 Å². The molecular formula is C17H25BrFN.